The second-order valence-corrected chi connectivity index (χ2v) is 5.87. The lowest BCUT2D eigenvalue weighted by atomic mass is 10.0. The van der Waals surface area contributed by atoms with Crippen molar-refractivity contribution in [2.24, 2.45) is 5.41 Å². The van der Waals surface area contributed by atoms with Crippen molar-refractivity contribution in [1.29, 1.82) is 0 Å². The molecule has 3 rings (SSSR count). The highest BCUT2D eigenvalue weighted by Crippen LogP contribution is 2.47. The van der Waals surface area contributed by atoms with Gasteiger partial charge in [-0.05, 0) is 55.7 Å². The maximum atomic E-state index is 13.2. The number of carbonyl (C=O) groups is 2. The van der Waals surface area contributed by atoms with Gasteiger partial charge >= 0.3 is 0 Å². The molecule has 0 aliphatic heterocycles. The van der Waals surface area contributed by atoms with Crippen molar-refractivity contribution in [1.82, 2.24) is 0 Å². The lowest BCUT2D eigenvalue weighted by molar-refractivity contribution is -0.131. The van der Waals surface area contributed by atoms with Crippen LogP contribution < -0.4 is 10.6 Å². The van der Waals surface area contributed by atoms with Gasteiger partial charge in [0.15, 0.2) is 0 Å². The van der Waals surface area contributed by atoms with Gasteiger partial charge in [0.05, 0.1) is 0 Å². The summed E-state index contributed by atoms with van der Waals surface area (Å²) >= 11 is 0. The Morgan fingerprint density at radius 3 is 2.04 bits per heavy atom. The number of carbonyl (C=O) groups excluding carboxylic acids is 2. The number of benzene rings is 2. The molecule has 2 aromatic rings. The lowest BCUT2D eigenvalue weighted by Crippen LogP contribution is -2.35. The van der Waals surface area contributed by atoms with E-state index in [-0.39, 0.29) is 5.91 Å². The number of hydrogen-bond donors (Lipinski definition) is 2. The average molecular weight is 312 g/mol. The summed E-state index contributed by atoms with van der Waals surface area (Å²) in [5.74, 6) is -1.15. The zero-order valence-corrected chi connectivity index (χ0v) is 12.7. The molecule has 23 heavy (non-hydrogen) atoms. The highest BCUT2D eigenvalue weighted by atomic mass is 19.1. The van der Waals surface area contributed by atoms with E-state index in [1.807, 2.05) is 25.1 Å². The van der Waals surface area contributed by atoms with Crippen molar-refractivity contribution >= 4 is 23.2 Å². The SMILES string of the molecule is Cc1cccc(NC(=O)C2(C(=O)Nc3cccc(F)c3)CC2)c1. The molecule has 0 radical (unpaired) electrons. The largest absolute Gasteiger partial charge is 0.325 e. The zero-order valence-electron chi connectivity index (χ0n) is 12.7. The molecule has 1 aliphatic carbocycles. The van der Waals surface area contributed by atoms with Crippen LogP contribution in [0.15, 0.2) is 48.5 Å². The molecule has 0 unspecified atom stereocenters. The number of rotatable bonds is 4. The first-order valence-electron chi connectivity index (χ1n) is 7.45. The van der Waals surface area contributed by atoms with Crippen molar-refractivity contribution in [3.63, 3.8) is 0 Å². The van der Waals surface area contributed by atoms with Crippen LogP contribution in [0.5, 0.6) is 0 Å². The molecular formula is C18H17FN2O2. The van der Waals surface area contributed by atoms with Gasteiger partial charge in [-0.25, -0.2) is 4.39 Å². The van der Waals surface area contributed by atoms with E-state index in [0.717, 1.165) is 5.56 Å². The van der Waals surface area contributed by atoms with E-state index in [1.165, 1.54) is 18.2 Å². The Bertz CT molecular complexity index is 708. The van der Waals surface area contributed by atoms with Crippen LogP contribution in [-0.2, 0) is 9.59 Å². The van der Waals surface area contributed by atoms with E-state index in [2.05, 4.69) is 10.6 Å². The molecule has 0 heterocycles. The van der Waals surface area contributed by atoms with E-state index in [9.17, 15) is 14.0 Å². The molecule has 2 N–H and O–H groups in total. The summed E-state index contributed by atoms with van der Waals surface area (Å²) in [5, 5.41) is 5.41. The summed E-state index contributed by atoms with van der Waals surface area (Å²) in [4.78, 5) is 24.9. The quantitative estimate of drug-likeness (QED) is 0.849. The van der Waals surface area contributed by atoms with Crippen LogP contribution in [0.4, 0.5) is 15.8 Å². The minimum atomic E-state index is -1.06. The fourth-order valence-electron chi connectivity index (χ4n) is 2.47. The van der Waals surface area contributed by atoms with Crippen LogP contribution in [0, 0.1) is 18.2 Å². The smallest absolute Gasteiger partial charge is 0.240 e. The van der Waals surface area contributed by atoms with Gasteiger partial charge in [-0.2, -0.15) is 0 Å². The number of halogens is 1. The minimum Gasteiger partial charge on any atom is -0.325 e. The lowest BCUT2D eigenvalue weighted by Gasteiger charge is -2.15. The zero-order chi connectivity index (χ0) is 16.4. The molecule has 0 bridgehead atoms. The maximum Gasteiger partial charge on any atom is 0.240 e. The minimum absolute atomic E-state index is 0.322. The van der Waals surface area contributed by atoms with Crippen LogP contribution in [0.3, 0.4) is 0 Å². The van der Waals surface area contributed by atoms with E-state index < -0.39 is 17.1 Å². The van der Waals surface area contributed by atoms with Crippen molar-refractivity contribution in [3.05, 3.63) is 59.9 Å². The normalized spacial score (nSPS) is 14.9. The Balaban J connectivity index is 1.71. The number of aryl methyl sites for hydroxylation is 1. The Hall–Kier alpha value is -2.69. The van der Waals surface area contributed by atoms with Crippen molar-refractivity contribution in [2.75, 3.05) is 10.6 Å². The summed E-state index contributed by atoms with van der Waals surface area (Å²) in [5.41, 5.74) is 0.983. The molecule has 1 saturated carbocycles. The van der Waals surface area contributed by atoms with Crippen LogP contribution >= 0.6 is 0 Å². The Kier molecular flexibility index (Phi) is 3.86. The van der Waals surface area contributed by atoms with Crippen LogP contribution in [-0.4, -0.2) is 11.8 Å². The van der Waals surface area contributed by atoms with Gasteiger partial charge in [0.1, 0.15) is 11.2 Å². The Morgan fingerprint density at radius 2 is 1.52 bits per heavy atom. The third kappa shape index (κ3) is 3.23. The van der Waals surface area contributed by atoms with E-state index in [4.69, 9.17) is 0 Å². The standard InChI is InChI=1S/C18H17FN2O2/c1-12-4-2-6-14(10-12)20-16(22)18(8-9-18)17(23)21-15-7-3-5-13(19)11-15/h2-7,10-11H,8-9H2,1H3,(H,20,22)(H,21,23). The number of hydrogen-bond acceptors (Lipinski definition) is 2. The summed E-state index contributed by atoms with van der Waals surface area (Å²) < 4.78 is 13.2. The van der Waals surface area contributed by atoms with Crippen LogP contribution in [0.25, 0.3) is 0 Å². The predicted octanol–water partition coefficient (Wildman–Crippen LogP) is 3.49. The summed E-state index contributed by atoms with van der Waals surface area (Å²) in [6.07, 6.45) is 0.984. The first-order chi connectivity index (χ1) is 11.0. The highest BCUT2D eigenvalue weighted by molar-refractivity contribution is 6.16. The van der Waals surface area contributed by atoms with E-state index in [1.54, 1.807) is 12.1 Å². The van der Waals surface area contributed by atoms with Crippen LogP contribution in [0.1, 0.15) is 18.4 Å². The molecule has 1 fully saturated rings. The summed E-state index contributed by atoms with van der Waals surface area (Å²) in [6.45, 7) is 1.93. The molecule has 0 aromatic heterocycles. The molecule has 5 heteroatoms. The van der Waals surface area contributed by atoms with Crippen molar-refractivity contribution in [3.8, 4) is 0 Å². The number of nitrogens with one attached hydrogen (secondary N) is 2. The Morgan fingerprint density at radius 1 is 0.957 bits per heavy atom. The summed E-state index contributed by atoms with van der Waals surface area (Å²) in [6, 6.07) is 13.0. The first kappa shape index (κ1) is 15.2. The van der Waals surface area contributed by atoms with Crippen LogP contribution in [0.2, 0.25) is 0 Å². The van der Waals surface area contributed by atoms with Gasteiger partial charge in [0.25, 0.3) is 0 Å². The summed E-state index contributed by atoms with van der Waals surface area (Å²) in [7, 11) is 0. The van der Waals surface area contributed by atoms with Gasteiger partial charge in [0.2, 0.25) is 11.8 Å². The van der Waals surface area contributed by atoms with Gasteiger partial charge in [-0.1, -0.05) is 18.2 Å². The molecule has 118 valence electrons. The second-order valence-electron chi connectivity index (χ2n) is 5.87. The third-order valence-corrected chi connectivity index (χ3v) is 3.98. The molecule has 2 aromatic carbocycles. The molecular weight excluding hydrogens is 295 g/mol. The van der Waals surface area contributed by atoms with Crippen molar-refractivity contribution in [2.45, 2.75) is 19.8 Å². The average Bonchev–Trinajstić information content (AvgIpc) is 3.29. The second kappa shape index (κ2) is 5.83. The van der Waals surface area contributed by atoms with E-state index in [0.29, 0.717) is 24.2 Å². The molecule has 1 aliphatic rings. The fraction of sp³-hybridized carbons (Fsp3) is 0.222. The monoisotopic (exact) mass is 312 g/mol. The van der Waals surface area contributed by atoms with Crippen molar-refractivity contribution < 1.29 is 14.0 Å². The first-order valence-corrected chi connectivity index (χ1v) is 7.45. The molecule has 4 nitrogen and oxygen atoms in total. The highest BCUT2D eigenvalue weighted by Gasteiger charge is 2.56. The van der Waals surface area contributed by atoms with Gasteiger partial charge in [-0.15, -0.1) is 0 Å². The third-order valence-electron chi connectivity index (χ3n) is 3.98. The Labute approximate surface area is 133 Å². The maximum absolute atomic E-state index is 13.2. The molecule has 0 spiro atoms. The number of amides is 2. The molecule has 0 atom stereocenters. The number of anilines is 2. The molecule has 0 saturated heterocycles. The predicted molar refractivity (Wildman–Crippen MR) is 86.5 cm³/mol. The van der Waals surface area contributed by atoms with E-state index >= 15 is 0 Å². The fourth-order valence-corrected chi connectivity index (χ4v) is 2.47. The molecule has 2 amide bonds. The van der Waals surface area contributed by atoms with Gasteiger partial charge in [-0.3, -0.25) is 9.59 Å². The van der Waals surface area contributed by atoms with Gasteiger partial charge in [0, 0.05) is 11.4 Å². The topological polar surface area (TPSA) is 58.2 Å². The van der Waals surface area contributed by atoms with Gasteiger partial charge < -0.3 is 10.6 Å².